The molecule has 2 aromatic carbocycles. The molecule has 7 nitrogen and oxygen atoms in total. The highest BCUT2D eigenvalue weighted by Gasteiger charge is 2.34. The van der Waals surface area contributed by atoms with Gasteiger partial charge in [0, 0.05) is 25.1 Å². The number of hydrogen-bond donors (Lipinski definition) is 0. The third-order valence-corrected chi connectivity index (χ3v) is 4.86. The number of nitrogens with zero attached hydrogens (tertiary/aromatic N) is 3. The molecule has 28 heavy (non-hydrogen) atoms. The van der Waals surface area contributed by atoms with Crippen molar-refractivity contribution >= 4 is 5.91 Å². The molecule has 2 heterocycles. The van der Waals surface area contributed by atoms with Crippen molar-refractivity contribution in [1.82, 2.24) is 15.0 Å². The zero-order valence-corrected chi connectivity index (χ0v) is 15.8. The fourth-order valence-corrected chi connectivity index (χ4v) is 3.34. The van der Waals surface area contributed by atoms with Crippen molar-refractivity contribution in [3.05, 3.63) is 60.0 Å². The smallest absolute Gasteiger partial charge is 0.232 e. The van der Waals surface area contributed by atoms with Crippen LogP contribution in [0, 0.1) is 0 Å². The average Bonchev–Trinajstić information content (AvgIpc) is 3.36. The second kappa shape index (κ2) is 7.72. The predicted molar refractivity (Wildman–Crippen MR) is 102 cm³/mol. The summed E-state index contributed by atoms with van der Waals surface area (Å²) in [6, 6.07) is 15.2. The molecule has 0 saturated carbocycles. The summed E-state index contributed by atoms with van der Waals surface area (Å²) in [7, 11) is 3.25. The number of rotatable bonds is 6. The molecule has 1 amide bonds. The summed E-state index contributed by atoms with van der Waals surface area (Å²) in [5, 5.41) is 4.07. The third kappa shape index (κ3) is 3.69. The van der Waals surface area contributed by atoms with Gasteiger partial charge in [-0.15, -0.1) is 0 Å². The predicted octanol–water partition coefficient (Wildman–Crippen LogP) is 3.27. The van der Waals surface area contributed by atoms with E-state index in [1.807, 2.05) is 53.4 Å². The van der Waals surface area contributed by atoms with Crippen molar-refractivity contribution < 1.29 is 18.8 Å². The van der Waals surface area contributed by atoms with Gasteiger partial charge in [-0.3, -0.25) is 4.79 Å². The summed E-state index contributed by atoms with van der Waals surface area (Å²) in [5.41, 5.74) is 1.87. The zero-order chi connectivity index (χ0) is 19.5. The lowest BCUT2D eigenvalue weighted by molar-refractivity contribution is -0.128. The van der Waals surface area contributed by atoms with Crippen LogP contribution in [0.1, 0.15) is 23.8 Å². The summed E-state index contributed by atoms with van der Waals surface area (Å²) in [6.07, 6.45) is 0.369. The summed E-state index contributed by atoms with van der Waals surface area (Å²) < 4.78 is 15.9. The van der Waals surface area contributed by atoms with Gasteiger partial charge < -0.3 is 18.9 Å². The Bertz CT molecular complexity index is 968. The largest absolute Gasteiger partial charge is 0.497 e. The van der Waals surface area contributed by atoms with Gasteiger partial charge in [-0.05, 0) is 42.0 Å². The van der Waals surface area contributed by atoms with E-state index in [0.717, 1.165) is 22.6 Å². The summed E-state index contributed by atoms with van der Waals surface area (Å²) in [5.74, 6) is 2.53. The van der Waals surface area contributed by atoms with Crippen LogP contribution in [0.25, 0.3) is 11.4 Å². The number of likely N-dealkylation sites (tertiary alicyclic amines) is 1. The molecule has 1 fully saturated rings. The lowest BCUT2D eigenvalue weighted by Gasteiger charge is -2.16. The first-order valence-corrected chi connectivity index (χ1v) is 9.05. The van der Waals surface area contributed by atoms with Crippen molar-refractivity contribution in [2.45, 2.75) is 18.9 Å². The van der Waals surface area contributed by atoms with E-state index in [-0.39, 0.29) is 11.8 Å². The van der Waals surface area contributed by atoms with E-state index < -0.39 is 0 Å². The van der Waals surface area contributed by atoms with Crippen molar-refractivity contribution in [2.75, 3.05) is 20.8 Å². The van der Waals surface area contributed by atoms with E-state index in [4.69, 9.17) is 14.0 Å². The molecule has 7 heteroatoms. The first-order chi connectivity index (χ1) is 13.7. The standard InChI is InChI=1S/C21H21N3O4/c1-26-17-8-6-15(7-9-17)20-22-21(28-23-20)16-11-19(25)24(13-16)12-14-4-3-5-18(10-14)27-2/h3-10,16H,11-13H2,1-2H3. The highest BCUT2D eigenvalue weighted by molar-refractivity contribution is 5.79. The number of benzene rings is 2. The summed E-state index contributed by atoms with van der Waals surface area (Å²) in [4.78, 5) is 18.8. The van der Waals surface area contributed by atoms with E-state index in [9.17, 15) is 4.79 Å². The Hall–Kier alpha value is -3.35. The number of methoxy groups -OCH3 is 2. The van der Waals surface area contributed by atoms with Gasteiger partial charge in [0.15, 0.2) is 0 Å². The van der Waals surface area contributed by atoms with Gasteiger partial charge in [0.1, 0.15) is 11.5 Å². The Balaban J connectivity index is 1.45. The molecule has 1 saturated heterocycles. The van der Waals surface area contributed by atoms with Crippen LogP contribution in [0.4, 0.5) is 0 Å². The molecule has 1 aliphatic heterocycles. The van der Waals surface area contributed by atoms with Crippen molar-refractivity contribution in [3.8, 4) is 22.9 Å². The summed E-state index contributed by atoms with van der Waals surface area (Å²) in [6.45, 7) is 1.09. The highest BCUT2D eigenvalue weighted by Crippen LogP contribution is 2.30. The van der Waals surface area contributed by atoms with E-state index in [1.54, 1.807) is 14.2 Å². The van der Waals surface area contributed by atoms with Gasteiger partial charge in [0.2, 0.25) is 17.6 Å². The van der Waals surface area contributed by atoms with Gasteiger partial charge in [0.05, 0.1) is 20.1 Å². The fraction of sp³-hybridized carbons (Fsp3) is 0.286. The molecular formula is C21H21N3O4. The molecule has 0 spiro atoms. The van der Waals surface area contributed by atoms with Crippen LogP contribution in [0.2, 0.25) is 0 Å². The maximum atomic E-state index is 12.5. The molecular weight excluding hydrogens is 358 g/mol. The lowest BCUT2D eigenvalue weighted by Crippen LogP contribution is -2.24. The highest BCUT2D eigenvalue weighted by atomic mass is 16.5. The lowest BCUT2D eigenvalue weighted by atomic mass is 10.1. The molecule has 0 radical (unpaired) electrons. The van der Waals surface area contributed by atoms with E-state index in [0.29, 0.717) is 31.2 Å². The average molecular weight is 379 g/mol. The van der Waals surface area contributed by atoms with Gasteiger partial charge in [-0.1, -0.05) is 17.3 Å². The SMILES string of the molecule is COc1ccc(-c2noc(C3CC(=O)N(Cc4cccc(OC)c4)C3)n2)cc1. The van der Waals surface area contributed by atoms with Crippen LogP contribution in [-0.2, 0) is 11.3 Å². The van der Waals surface area contributed by atoms with Crippen LogP contribution in [-0.4, -0.2) is 41.7 Å². The van der Waals surface area contributed by atoms with Gasteiger partial charge in [-0.25, -0.2) is 0 Å². The molecule has 1 aliphatic rings. The molecule has 144 valence electrons. The molecule has 1 aromatic heterocycles. The quantitative estimate of drug-likeness (QED) is 0.654. The number of amides is 1. The van der Waals surface area contributed by atoms with E-state index in [1.165, 1.54) is 0 Å². The number of carbonyl (C=O) groups is 1. The number of aromatic nitrogens is 2. The molecule has 1 atom stereocenters. The molecule has 1 unspecified atom stereocenters. The Labute approximate surface area is 162 Å². The molecule has 0 bridgehead atoms. The first kappa shape index (κ1) is 18.0. The summed E-state index contributed by atoms with van der Waals surface area (Å²) >= 11 is 0. The van der Waals surface area contributed by atoms with Crippen LogP contribution < -0.4 is 9.47 Å². The van der Waals surface area contributed by atoms with Crippen LogP contribution in [0.15, 0.2) is 53.1 Å². The first-order valence-electron chi connectivity index (χ1n) is 9.05. The minimum absolute atomic E-state index is 0.0806. The molecule has 0 N–H and O–H groups in total. The Morgan fingerprint density at radius 3 is 2.64 bits per heavy atom. The van der Waals surface area contributed by atoms with Crippen LogP contribution in [0.5, 0.6) is 11.5 Å². The third-order valence-electron chi connectivity index (χ3n) is 4.86. The zero-order valence-electron chi connectivity index (χ0n) is 15.8. The van der Waals surface area contributed by atoms with Crippen LogP contribution >= 0.6 is 0 Å². The number of ether oxygens (including phenoxy) is 2. The number of hydrogen-bond acceptors (Lipinski definition) is 6. The van der Waals surface area contributed by atoms with Crippen LogP contribution in [0.3, 0.4) is 0 Å². The van der Waals surface area contributed by atoms with Gasteiger partial charge in [0.25, 0.3) is 0 Å². The van der Waals surface area contributed by atoms with Crippen molar-refractivity contribution in [3.63, 3.8) is 0 Å². The molecule has 3 aromatic rings. The van der Waals surface area contributed by atoms with E-state index >= 15 is 0 Å². The van der Waals surface area contributed by atoms with Crippen molar-refractivity contribution in [2.24, 2.45) is 0 Å². The van der Waals surface area contributed by atoms with Gasteiger partial charge in [-0.2, -0.15) is 4.98 Å². The second-order valence-electron chi connectivity index (χ2n) is 6.71. The maximum Gasteiger partial charge on any atom is 0.232 e. The normalized spacial score (nSPS) is 16.4. The number of carbonyl (C=O) groups excluding carboxylic acids is 1. The fourth-order valence-electron chi connectivity index (χ4n) is 3.34. The molecule has 4 rings (SSSR count). The topological polar surface area (TPSA) is 77.7 Å². The monoisotopic (exact) mass is 379 g/mol. The van der Waals surface area contributed by atoms with E-state index in [2.05, 4.69) is 10.1 Å². The second-order valence-corrected chi connectivity index (χ2v) is 6.71. The minimum atomic E-state index is -0.0994. The Kier molecular flexibility index (Phi) is 4.97. The minimum Gasteiger partial charge on any atom is -0.497 e. The maximum absolute atomic E-state index is 12.5. The van der Waals surface area contributed by atoms with Gasteiger partial charge >= 0.3 is 0 Å². The van der Waals surface area contributed by atoms with Crippen molar-refractivity contribution in [1.29, 1.82) is 0 Å². The Morgan fingerprint density at radius 2 is 1.89 bits per heavy atom. The molecule has 0 aliphatic carbocycles. The Morgan fingerprint density at radius 1 is 1.11 bits per heavy atom.